The molecule has 1 aliphatic carbocycles. The van der Waals surface area contributed by atoms with Crippen molar-refractivity contribution in [1.82, 2.24) is 0 Å². The minimum Gasteiger partial charge on any atom is -0.356 e. The molecular weight excluding hydrogens is 180 g/mol. The third-order valence-electron chi connectivity index (χ3n) is 2.89. The number of rotatable bonds is 5. The van der Waals surface area contributed by atoms with E-state index >= 15 is 0 Å². The van der Waals surface area contributed by atoms with Crippen molar-refractivity contribution in [3.05, 3.63) is 12.7 Å². The van der Waals surface area contributed by atoms with Gasteiger partial charge in [0.25, 0.3) is 0 Å². The Hall–Kier alpha value is -0.670. The third-order valence-corrected chi connectivity index (χ3v) is 2.89. The molecule has 2 atom stereocenters. The molecule has 80 valence electrons. The van der Waals surface area contributed by atoms with Crippen LogP contribution in [0.3, 0.4) is 0 Å². The van der Waals surface area contributed by atoms with Crippen LogP contribution in [0.15, 0.2) is 12.7 Å². The van der Waals surface area contributed by atoms with E-state index in [0.29, 0.717) is 12.2 Å². The molecule has 0 radical (unpaired) electrons. The first kappa shape index (κ1) is 11.4. The second kappa shape index (κ2) is 5.27. The Morgan fingerprint density at radius 2 is 2.21 bits per heavy atom. The quantitative estimate of drug-likeness (QED) is 0.499. The number of carbonyl (C=O) groups is 1. The van der Waals surface area contributed by atoms with Gasteiger partial charge in [-0.05, 0) is 12.8 Å². The van der Waals surface area contributed by atoms with Gasteiger partial charge in [0.15, 0.2) is 6.29 Å². The summed E-state index contributed by atoms with van der Waals surface area (Å²) in [6.07, 6.45) is 3.78. The van der Waals surface area contributed by atoms with Crippen molar-refractivity contribution in [2.24, 2.45) is 11.8 Å². The summed E-state index contributed by atoms with van der Waals surface area (Å²) in [5.41, 5.74) is 0. The van der Waals surface area contributed by atoms with Crippen LogP contribution in [0.5, 0.6) is 0 Å². The fourth-order valence-electron chi connectivity index (χ4n) is 2.19. The molecule has 0 aromatic carbocycles. The smallest absolute Gasteiger partial charge is 0.160 e. The van der Waals surface area contributed by atoms with Crippen LogP contribution >= 0.6 is 0 Å². The van der Waals surface area contributed by atoms with Crippen molar-refractivity contribution in [2.75, 3.05) is 14.2 Å². The summed E-state index contributed by atoms with van der Waals surface area (Å²) in [5, 5.41) is 0. The summed E-state index contributed by atoms with van der Waals surface area (Å²) in [6, 6.07) is 0. The van der Waals surface area contributed by atoms with E-state index in [1.165, 1.54) is 0 Å². The molecule has 0 saturated heterocycles. The zero-order valence-electron chi connectivity index (χ0n) is 8.86. The van der Waals surface area contributed by atoms with Gasteiger partial charge in [0, 0.05) is 32.5 Å². The number of hydrogen-bond acceptors (Lipinski definition) is 3. The predicted molar refractivity (Wildman–Crippen MR) is 53.8 cm³/mol. The summed E-state index contributed by atoms with van der Waals surface area (Å²) >= 11 is 0. The van der Waals surface area contributed by atoms with E-state index in [9.17, 15) is 4.79 Å². The highest BCUT2D eigenvalue weighted by Gasteiger charge is 2.38. The maximum atomic E-state index is 11.6. The lowest BCUT2D eigenvalue weighted by atomic mass is 9.92. The van der Waals surface area contributed by atoms with Crippen molar-refractivity contribution in [1.29, 1.82) is 0 Å². The Morgan fingerprint density at radius 3 is 2.71 bits per heavy atom. The van der Waals surface area contributed by atoms with Crippen molar-refractivity contribution >= 4 is 5.78 Å². The van der Waals surface area contributed by atoms with E-state index in [0.717, 1.165) is 12.8 Å². The van der Waals surface area contributed by atoms with Crippen LogP contribution in [0.25, 0.3) is 0 Å². The molecule has 0 aromatic rings. The SMILES string of the molecule is C=CCC1C(=O)CCC1C(OC)OC. The van der Waals surface area contributed by atoms with E-state index in [1.54, 1.807) is 20.3 Å². The monoisotopic (exact) mass is 198 g/mol. The van der Waals surface area contributed by atoms with Gasteiger partial charge in [-0.2, -0.15) is 0 Å². The highest BCUT2D eigenvalue weighted by atomic mass is 16.7. The van der Waals surface area contributed by atoms with Crippen LogP contribution in [0, 0.1) is 11.8 Å². The minimum absolute atomic E-state index is 0.0393. The first-order chi connectivity index (χ1) is 6.74. The fourth-order valence-corrected chi connectivity index (χ4v) is 2.19. The molecule has 3 nitrogen and oxygen atoms in total. The van der Waals surface area contributed by atoms with E-state index < -0.39 is 0 Å². The molecule has 1 fully saturated rings. The molecule has 0 bridgehead atoms. The second-order valence-corrected chi connectivity index (χ2v) is 3.64. The largest absolute Gasteiger partial charge is 0.356 e. The number of methoxy groups -OCH3 is 2. The van der Waals surface area contributed by atoms with Gasteiger partial charge in [0.2, 0.25) is 0 Å². The average molecular weight is 198 g/mol. The number of ether oxygens (including phenoxy) is 2. The Morgan fingerprint density at radius 1 is 1.57 bits per heavy atom. The predicted octanol–water partition coefficient (Wildman–Crippen LogP) is 1.78. The minimum atomic E-state index is -0.258. The Kier molecular flexibility index (Phi) is 4.29. The topological polar surface area (TPSA) is 35.5 Å². The lowest BCUT2D eigenvalue weighted by Crippen LogP contribution is -2.29. The first-order valence-electron chi connectivity index (χ1n) is 4.93. The molecule has 1 rings (SSSR count). The van der Waals surface area contributed by atoms with Crippen molar-refractivity contribution in [3.63, 3.8) is 0 Å². The highest BCUT2D eigenvalue weighted by Crippen LogP contribution is 2.35. The first-order valence-corrected chi connectivity index (χ1v) is 4.93. The number of hydrogen-bond donors (Lipinski definition) is 0. The maximum Gasteiger partial charge on any atom is 0.160 e. The number of allylic oxidation sites excluding steroid dienone is 1. The molecule has 1 saturated carbocycles. The molecule has 0 N–H and O–H groups in total. The van der Waals surface area contributed by atoms with Crippen molar-refractivity contribution < 1.29 is 14.3 Å². The summed E-state index contributed by atoms with van der Waals surface area (Å²) in [5.74, 6) is 0.543. The van der Waals surface area contributed by atoms with E-state index in [4.69, 9.17) is 9.47 Å². The zero-order chi connectivity index (χ0) is 10.6. The molecule has 0 amide bonds. The lowest BCUT2D eigenvalue weighted by molar-refractivity contribution is -0.149. The molecular formula is C11H18O3. The Balaban J connectivity index is 2.66. The molecule has 2 unspecified atom stereocenters. The number of Topliss-reactive ketones (excluding diaryl/α,β-unsaturated/α-hetero) is 1. The van der Waals surface area contributed by atoms with Gasteiger partial charge in [-0.1, -0.05) is 6.08 Å². The number of ketones is 1. The summed E-state index contributed by atoms with van der Waals surface area (Å²) in [4.78, 5) is 11.6. The third kappa shape index (κ3) is 2.22. The molecule has 0 heterocycles. The molecule has 3 heteroatoms. The molecule has 0 aromatic heterocycles. The summed E-state index contributed by atoms with van der Waals surface area (Å²) in [7, 11) is 3.23. The van der Waals surface area contributed by atoms with E-state index in [1.807, 2.05) is 0 Å². The van der Waals surface area contributed by atoms with Crippen molar-refractivity contribution in [2.45, 2.75) is 25.6 Å². The van der Waals surface area contributed by atoms with Gasteiger partial charge in [0.05, 0.1) is 0 Å². The molecule has 14 heavy (non-hydrogen) atoms. The van der Waals surface area contributed by atoms with Gasteiger partial charge < -0.3 is 9.47 Å². The average Bonchev–Trinajstić information content (AvgIpc) is 2.53. The maximum absolute atomic E-state index is 11.6. The van der Waals surface area contributed by atoms with Gasteiger partial charge >= 0.3 is 0 Å². The van der Waals surface area contributed by atoms with Crippen LogP contribution < -0.4 is 0 Å². The Labute approximate surface area is 85.1 Å². The van der Waals surface area contributed by atoms with Crippen LogP contribution in [0.1, 0.15) is 19.3 Å². The second-order valence-electron chi connectivity index (χ2n) is 3.64. The van der Waals surface area contributed by atoms with Crippen LogP contribution in [-0.4, -0.2) is 26.3 Å². The van der Waals surface area contributed by atoms with Gasteiger partial charge in [-0.15, -0.1) is 6.58 Å². The lowest BCUT2D eigenvalue weighted by Gasteiger charge is -2.24. The normalized spacial score (nSPS) is 27.2. The molecule has 0 spiro atoms. The summed E-state index contributed by atoms with van der Waals surface area (Å²) < 4.78 is 10.4. The van der Waals surface area contributed by atoms with Crippen LogP contribution in [0.2, 0.25) is 0 Å². The number of carbonyl (C=O) groups excluding carboxylic acids is 1. The highest BCUT2D eigenvalue weighted by molar-refractivity contribution is 5.83. The standard InChI is InChI=1S/C11H18O3/c1-4-5-8-9(6-7-10(8)12)11(13-2)14-3/h4,8-9,11H,1,5-7H2,2-3H3. The molecule has 0 aliphatic heterocycles. The Bertz CT molecular complexity index is 209. The zero-order valence-corrected chi connectivity index (χ0v) is 8.86. The van der Waals surface area contributed by atoms with Gasteiger partial charge in [0.1, 0.15) is 5.78 Å². The summed E-state index contributed by atoms with van der Waals surface area (Å²) in [6.45, 7) is 3.67. The van der Waals surface area contributed by atoms with Gasteiger partial charge in [-0.25, -0.2) is 0 Å². The van der Waals surface area contributed by atoms with E-state index in [-0.39, 0.29) is 18.1 Å². The van der Waals surface area contributed by atoms with Crippen LogP contribution in [0.4, 0.5) is 0 Å². The van der Waals surface area contributed by atoms with Crippen molar-refractivity contribution in [3.8, 4) is 0 Å². The fraction of sp³-hybridized carbons (Fsp3) is 0.727. The van der Waals surface area contributed by atoms with E-state index in [2.05, 4.69) is 6.58 Å². The van der Waals surface area contributed by atoms with Crippen LogP contribution in [-0.2, 0) is 14.3 Å². The van der Waals surface area contributed by atoms with Gasteiger partial charge in [-0.3, -0.25) is 4.79 Å². The molecule has 1 aliphatic rings.